The summed E-state index contributed by atoms with van der Waals surface area (Å²) in [5.74, 6) is 0.484. The minimum Gasteiger partial charge on any atom is -0.357 e. The molecule has 3 aromatic heterocycles. The van der Waals surface area contributed by atoms with Gasteiger partial charge >= 0.3 is 17.1 Å². The molecule has 5 heterocycles. The first-order valence-electron chi connectivity index (χ1n) is 14.6. The number of rotatable bonds is 0. The summed E-state index contributed by atoms with van der Waals surface area (Å²) in [7, 11) is 0. The van der Waals surface area contributed by atoms with Crippen LogP contribution in [-0.2, 0) is 17.1 Å². The molecule has 0 N–H and O–H groups in total. The monoisotopic (exact) mass is 1470 g/mol. The van der Waals surface area contributed by atoms with Crippen molar-refractivity contribution in [1.82, 2.24) is 39.9 Å². The van der Waals surface area contributed by atoms with Crippen molar-refractivity contribution in [2.45, 2.75) is 0 Å². The number of aromatic nitrogens is 8. The summed E-state index contributed by atoms with van der Waals surface area (Å²) >= 11 is 83.7. The van der Waals surface area contributed by atoms with Crippen LogP contribution in [0, 0.1) is 0 Å². The summed E-state index contributed by atoms with van der Waals surface area (Å²) in [6, 6.07) is 0. The van der Waals surface area contributed by atoms with Crippen molar-refractivity contribution >= 4 is 264 Å². The Labute approximate surface area is 436 Å². The normalized spacial score (nSPS) is 12.1. The van der Waals surface area contributed by atoms with Gasteiger partial charge in [-0.3, -0.25) is 0 Å². The topological polar surface area (TPSA) is 106 Å². The van der Waals surface area contributed by atoms with E-state index in [1.807, 2.05) is 0 Å². The minimum atomic E-state index is 0. The molecule has 0 atom stereocenters. The number of hydrogen-bond donors (Lipinski definition) is 0. The molecule has 25 heteroatoms. The molecular weight excluding hydrogens is 1480 g/mol. The Kier molecular flexibility index (Phi) is 12.6. The van der Waals surface area contributed by atoms with Crippen LogP contribution < -0.4 is 9.97 Å². The number of benzene rings is 4. The number of hydrogen-bond acceptors (Lipinski definition) is 6. The van der Waals surface area contributed by atoms with Crippen LogP contribution in [0.4, 0.5) is 0 Å². The van der Waals surface area contributed by atoms with Crippen molar-refractivity contribution in [2.24, 2.45) is 0 Å². The fourth-order valence-corrected chi connectivity index (χ4v) is 12.7. The van der Waals surface area contributed by atoms with Crippen LogP contribution in [0.1, 0.15) is 0 Å². The van der Waals surface area contributed by atoms with Crippen LogP contribution in [0.2, 0.25) is 40.2 Å². The van der Waals surface area contributed by atoms with E-state index in [9.17, 15) is 0 Å². The van der Waals surface area contributed by atoms with Crippen molar-refractivity contribution in [2.75, 3.05) is 0 Å². The van der Waals surface area contributed by atoms with Crippen molar-refractivity contribution < 1.29 is 17.1 Å². The molecule has 0 spiro atoms. The van der Waals surface area contributed by atoms with Crippen LogP contribution in [-0.4, -0.2) is 29.9 Å². The van der Waals surface area contributed by atoms with Gasteiger partial charge in [0.2, 0.25) is 0 Å². The third-order valence-corrected chi connectivity index (χ3v) is 21.3. The van der Waals surface area contributed by atoms with Gasteiger partial charge in [-0.25, -0.2) is 9.97 Å². The summed E-state index contributed by atoms with van der Waals surface area (Å²) in [4.78, 5) is 39.4. The smallest absolute Gasteiger partial charge is 0.357 e. The van der Waals surface area contributed by atoms with Gasteiger partial charge in [0.05, 0.1) is 81.4 Å². The molecule has 0 aliphatic carbocycles. The van der Waals surface area contributed by atoms with Crippen LogP contribution >= 0.6 is 220 Å². The van der Waals surface area contributed by atoms with Crippen LogP contribution in [0.15, 0.2) is 35.8 Å². The van der Waals surface area contributed by atoms with Crippen LogP contribution in [0.25, 0.3) is 89.7 Å². The molecule has 2 aliphatic rings. The molecule has 291 valence electrons. The molecule has 0 saturated carbocycles. The predicted octanol–water partition coefficient (Wildman–Crippen LogP) is 17.5. The number of fused-ring (bicyclic) bond motifs is 20. The molecule has 8 bridgehead atoms. The maximum Gasteiger partial charge on any atom is 2.00 e. The fraction of sp³-hybridized carbons (Fsp3) is 0. The molecule has 0 fully saturated rings. The van der Waals surface area contributed by atoms with Gasteiger partial charge in [0.25, 0.3) is 0 Å². The van der Waals surface area contributed by atoms with E-state index >= 15 is 0 Å². The average Bonchev–Trinajstić information content (AvgIpc) is 3.92. The number of halogens is 16. The van der Waals surface area contributed by atoms with E-state index in [0.717, 1.165) is 0 Å². The molecule has 9 rings (SSSR count). The van der Waals surface area contributed by atoms with Crippen molar-refractivity contribution in [3.8, 4) is 45.6 Å². The Hall–Kier alpha value is 0.919. The Morgan fingerprint density at radius 2 is 0.544 bits per heavy atom. The maximum absolute atomic E-state index is 6.98. The first-order chi connectivity index (χ1) is 26.4. The summed E-state index contributed by atoms with van der Waals surface area (Å²) in [5, 5.41) is 2.92. The Bertz CT molecular complexity index is 2840. The Morgan fingerprint density at radius 1 is 0.281 bits per heavy atom. The first-order valence-corrected chi connectivity index (χ1v) is 24.0. The quantitative estimate of drug-likeness (QED) is 0.0840. The molecule has 0 amide bonds. The summed E-state index contributed by atoms with van der Waals surface area (Å²) in [6.45, 7) is 0. The third kappa shape index (κ3) is 6.63. The summed E-state index contributed by atoms with van der Waals surface area (Å²) < 4.78 is 3.74. The van der Waals surface area contributed by atoms with Crippen molar-refractivity contribution in [1.29, 1.82) is 0 Å². The van der Waals surface area contributed by atoms with Crippen molar-refractivity contribution in [3.63, 3.8) is 0 Å². The van der Waals surface area contributed by atoms with Gasteiger partial charge in [0.1, 0.15) is 0 Å². The van der Waals surface area contributed by atoms with Gasteiger partial charge < -0.3 is 29.9 Å². The Morgan fingerprint density at radius 3 is 0.877 bits per heavy atom. The zero-order valence-electron chi connectivity index (χ0n) is 25.9. The third-order valence-electron chi connectivity index (χ3n) is 8.55. The van der Waals surface area contributed by atoms with E-state index in [-0.39, 0.29) is 103 Å². The van der Waals surface area contributed by atoms with E-state index in [0.29, 0.717) is 79.6 Å². The van der Waals surface area contributed by atoms with E-state index < -0.39 is 0 Å². The van der Waals surface area contributed by atoms with E-state index in [4.69, 9.17) is 133 Å². The van der Waals surface area contributed by atoms with Crippen LogP contribution in [0.5, 0.6) is 0 Å². The predicted molar refractivity (Wildman–Crippen MR) is 256 cm³/mol. The minimum absolute atomic E-state index is 0. The van der Waals surface area contributed by atoms with Gasteiger partial charge in [-0.15, -0.1) is 0 Å². The Balaban J connectivity index is 0.00000455. The van der Waals surface area contributed by atoms with E-state index in [1.54, 1.807) is 0 Å². The second kappa shape index (κ2) is 16.2. The first kappa shape index (κ1) is 44.5. The molecule has 4 aromatic carbocycles. The summed E-state index contributed by atoms with van der Waals surface area (Å²) in [5.41, 5.74) is 2.06. The second-order valence-electron chi connectivity index (χ2n) is 11.5. The van der Waals surface area contributed by atoms with E-state index in [2.05, 4.69) is 127 Å². The van der Waals surface area contributed by atoms with E-state index in [1.165, 1.54) is 0 Å². The molecule has 7 aromatic rings. The molecule has 57 heavy (non-hydrogen) atoms. The van der Waals surface area contributed by atoms with Gasteiger partial charge in [0, 0.05) is 84.3 Å². The molecule has 0 unspecified atom stereocenters. The summed E-state index contributed by atoms with van der Waals surface area (Å²) in [6.07, 6.45) is 0. The zero-order valence-corrected chi connectivity index (χ0v) is 45.6. The molecule has 8 nitrogen and oxygen atoms in total. The molecule has 2 aliphatic heterocycles. The van der Waals surface area contributed by atoms with Crippen LogP contribution in [0.3, 0.4) is 0 Å². The molecular formula is C32Br8Cl8CuN8. The van der Waals surface area contributed by atoms with Crippen molar-refractivity contribution in [3.05, 3.63) is 76.0 Å². The maximum atomic E-state index is 6.98. The van der Waals surface area contributed by atoms with Gasteiger partial charge in [0.15, 0.2) is 0 Å². The van der Waals surface area contributed by atoms with Gasteiger partial charge in [-0.05, 0) is 127 Å². The standard InChI is InChI=1S/C32Br8Cl8N8.Cu/c33-9-1-5(17(41)21(45)13(9)37)29-49-25(1)53-30-6-2(10(34)14(38)22(46)18(6)42)27(50-30)55-32-8-4(12(36)16(40)24(48)20(8)44)28(52-32)56-31-7-3(26(51-31)54-29)11(35)15(39)23(47)19(7)43;/q-2;+2. The second-order valence-corrected chi connectivity index (χ2v) is 20.9. The van der Waals surface area contributed by atoms with Gasteiger partial charge in [-0.2, -0.15) is 0 Å². The average molecular weight is 1480 g/mol. The molecule has 1 radical (unpaired) electrons. The fourth-order valence-electron chi connectivity index (χ4n) is 6.10. The van der Waals surface area contributed by atoms with Gasteiger partial charge in [-0.1, -0.05) is 92.8 Å². The molecule has 0 saturated heterocycles. The zero-order chi connectivity index (χ0) is 40.1. The SMILES string of the molecule is Clc1c(Cl)c2c(c(Br)c1Br)-c1nc-2nc2[n-]c(nc3nc(nc4[n-]c(n1)c1c(Cl)c(Cl)c(Br)c(Br)c41)-c1c(Cl)c(Cl)c(Br)c(Br)c1-3)c1c(Cl)c(Cl)c(Br)c(Br)c21.[Cu+2]. The number of nitrogens with zero attached hydrogens (tertiary/aromatic N) is 8. The largest absolute Gasteiger partial charge is 2.00 e.